The number of hydrogen-bond acceptors (Lipinski definition) is 1. The summed E-state index contributed by atoms with van der Waals surface area (Å²) in [5, 5.41) is 3.42. The fourth-order valence-corrected chi connectivity index (χ4v) is 3.15. The first-order chi connectivity index (χ1) is 9.38. The largest absolute Gasteiger partial charge is 0.319 e. The number of benzene rings is 2. The van der Waals surface area contributed by atoms with E-state index in [4.69, 9.17) is 34.8 Å². The fourth-order valence-electron chi connectivity index (χ4n) is 1.52. The lowest BCUT2D eigenvalue weighted by atomic mass is 10.2. The van der Waals surface area contributed by atoms with Crippen LogP contribution in [0.5, 0.6) is 0 Å². The van der Waals surface area contributed by atoms with Crippen LogP contribution in [0.3, 0.4) is 0 Å². The van der Waals surface area contributed by atoms with Gasteiger partial charge in [0, 0.05) is 8.59 Å². The van der Waals surface area contributed by atoms with E-state index in [0.29, 0.717) is 14.2 Å². The van der Waals surface area contributed by atoms with Gasteiger partial charge in [-0.1, -0.05) is 34.8 Å². The summed E-state index contributed by atoms with van der Waals surface area (Å²) in [5.41, 5.74) is 0.594. The summed E-state index contributed by atoms with van der Waals surface area (Å²) in [7, 11) is 0. The minimum atomic E-state index is -0.430. The van der Waals surface area contributed by atoms with Gasteiger partial charge in [-0.3, -0.25) is 4.79 Å². The zero-order valence-electron chi connectivity index (χ0n) is 9.68. The minimum Gasteiger partial charge on any atom is -0.319 e. The highest BCUT2D eigenvalue weighted by Crippen LogP contribution is 2.34. The van der Waals surface area contributed by atoms with Crippen LogP contribution in [-0.4, -0.2) is 5.91 Å². The summed E-state index contributed by atoms with van der Waals surface area (Å²) in [5.74, 6) is -0.839. The second-order valence-corrected chi connectivity index (χ2v) is 6.24. The van der Waals surface area contributed by atoms with Crippen LogP contribution >= 0.6 is 57.4 Å². The van der Waals surface area contributed by atoms with E-state index in [0.717, 1.165) is 0 Å². The van der Waals surface area contributed by atoms with E-state index in [-0.39, 0.29) is 15.7 Å². The van der Waals surface area contributed by atoms with Crippen LogP contribution in [0.25, 0.3) is 0 Å². The third-order valence-corrected chi connectivity index (χ3v) is 4.13. The van der Waals surface area contributed by atoms with E-state index in [1.807, 2.05) is 22.6 Å². The second kappa shape index (κ2) is 6.47. The van der Waals surface area contributed by atoms with Gasteiger partial charge in [-0.2, -0.15) is 0 Å². The average Bonchev–Trinajstić information content (AvgIpc) is 2.33. The van der Waals surface area contributed by atoms with E-state index in [1.54, 1.807) is 0 Å². The molecule has 104 valence electrons. The van der Waals surface area contributed by atoms with Gasteiger partial charge in [-0.05, 0) is 52.9 Å². The Labute approximate surface area is 143 Å². The topological polar surface area (TPSA) is 29.1 Å². The Morgan fingerprint density at radius 3 is 2.25 bits per heavy atom. The van der Waals surface area contributed by atoms with Gasteiger partial charge in [-0.25, -0.2) is 4.39 Å². The molecule has 20 heavy (non-hydrogen) atoms. The molecule has 1 amide bonds. The van der Waals surface area contributed by atoms with Crippen LogP contribution in [0.4, 0.5) is 10.1 Å². The van der Waals surface area contributed by atoms with Crippen LogP contribution < -0.4 is 5.32 Å². The highest BCUT2D eigenvalue weighted by molar-refractivity contribution is 14.1. The summed E-state index contributed by atoms with van der Waals surface area (Å²) >= 11 is 19.6. The zero-order chi connectivity index (χ0) is 14.9. The Morgan fingerprint density at radius 2 is 1.70 bits per heavy atom. The number of amides is 1. The Balaban J connectivity index is 2.33. The van der Waals surface area contributed by atoms with Crippen molar-refractivity contribution >= 4 is 69.0 Å². The molecule has 2 rings (SSSR count). The summed E-state index contributed by atoms with van der Waals surface area (Å²) in [6.07, 6.45) is 0. The molecular weight excluding hydrogens is 438 g/mol. The molecular formula is C13H6Cl3FINO. The first kappa shape index (κ1) is 15.8. The van der Waals surface area contributed by atoms with Gasteiger partial charge < -0.3 is 5.32 Å². The lowest BCUT2D eigenvalue weighted by Crippen LogP contribution is -2.14. The predicted octanol–water partition coefficient (Wildman–Crippen LogP) is 5.64. The molecule has 0 aliphatic heterocycles. The molecule has 0 fully saturated rings. The number of rotatable bonds is 2. The van der Waals surface area contributed by atoms with Crippen molar-refractivity contribution in [3.8, 4) is 0 Å². The molecule has 0 aliphatic carbocycles. The van der Waals surface area contributed by atoms with Crippen LogP contribution in [0.1, 0.15) is 10.4 Å². The standard InChI is InChI=1S/C13H6Cl3FINO/c14-6-3-9(15)12(10(16)4-6)19-13(20)8-2-1-7(17)5-11(8)18/h1-5H,(H,19,20). The Hall–Kier alpha value is -0.560. The molecule has 1 N–H and O–H groups in total. The molecule has 0 saturated carbocycles. The van der Waals surface area contributed by atoms with Gasteiger partial charge >= 0.3 is 0 Å². The zero-order valence-corrected chi connectivity index (χ0v) is 14.1. The van der Waals surface area contributed by atoms with Gasteiger partial charge in [-0.15, -0.1) is 0 Å². The van der Waals surface area contributed by atoms with Gasteiger partial charge in [0.1, 0.15) is 5.82 Å². The number of hydrogen-bond donors (Lipinski definition) is 1. The van der Waals surface area contributed by atoms with Crippen LogP contribution in [0.2, 0.25) is 15.1 Å². The maximum atomic E-state index is 13.0. The molecule has 2 nitrogen and oxygen atoms in total. The number of carbonyl (C=O) groups excluding carboxylic acids is 1. The van der Waals surface area contributed by atoms with Gasteiger partial charge in [0.25, 0.3) is 5.91 Å². The van der Waals surface area contributed by atoms with Crippen molar-refractivity contribution in [2.24, 2.45) is 0 Å². The molecule has 0 spiro atoms. The number of anilines is 1. The summed E-state index contributed by atoms with van der Waals surface area (Å²) in [4.78, 5) is 12.1. The normalized spacial score (nSPS) is 10.4. The smallest absolute Gasteiger partial charge is 0.256 e. The first-order valence-electron chi connectivity index (χ1n) is 5.29. The lowest BCUT2D eigenvalue weighted by molar-refractivity contribution is 0.102. The number of carbonyl (C=O) groups is 1. The molecule has 2 aromatic rings. The molecule has 0 heterocycles. The predicted molar refractivity (Wildman–Crippen MR) is 88.5 cm³/mol. The summed E-state index contributed by atoms with van der Waals surface area (Å²) in [6.45, 7) is 0. The molecule has 7 heteroatoms. The van der Waals surface area contributed by atoms with Crippen LogP contribution in [-0.2, 0) is 0 Å². The molecule has 0 unspecified atom stereocenters. The van der Waals surface area contributed by atoms with Crippen molar-refractivity contribution in [1.82, 2.24) is 0 Å². The molecule has 0 aromatic heterocycles. The van der Waals surface area contributed by atoms with Gasteiger partial charge in [0.05, 0.1) is 21.3 Å². The fraction of sp³-hybridized carbons (Fsp3) is 0. The third kappa shape index (κ3) is 3.55. The summed E-state index contributed by atoms with van der Waals surface area (Å²) < 4.78 is 13.5. The SMILES string of the molecule is O=C(Nc1c(Cl)cc(Cl)cc1Cl)c1ccc(F)cc1I. The third-order valence-electron chi connectivity index (χ3n) is 2.42. The highest BCUT2D eigenvalue weighted by atomic mass is 127. The van der Waals surface area contributed by atoms with Crippen molar-refractivity contribution in [2.45, 2.75) is 0 Å². The maximum Gasteiger partial charge on any atom is 0.256 e. The second-order valence-electron chi connectivity index (χ2n) is 3.82. The van der Waals surface area contributed by atoms with Crippen molar-refractivity contribution < 1.29 is 9.18 Å². The molecule has 0 saturated heterocycles. The van der Waals surface area contributed by atoms with E-state index in [2.05, 4.69) is 5.32 Å². The average molecular weight is 444 g/mol. The van der Waals surface area contributed by atoms with Crippen LogP contribution in [0, 0.1) is 9.39 Å². The van der Waals surface area contributed by atoms with E-state index in [1.165, 1.54) is 30.3 Å². The molecule has 0 radical (unpaired) electrons. The first-order valence-corrected chi connectivity index (χ1v) is 7.50. The molecule has 2 aromatic carbocycles. The Bertz CT molecular complexity index is 670. The van der Waals surface area contributed by atoms with E-state index in [9.17, 15) is 9.18 Å². The Morgan fingerprint density at radius 1 is 1.10 bits per heavy atom. The van der Waals surface area contributed by atoms with Gasteiger partial charge in [0.15, 0.2) is 0 Å². The van der Waals surface area contributed by atoms with E-state index >= 15 is 0 Å². The maximum absolute atomic E-state index is 13.0. The molecule has 0 atom stereocenters. The Kier molecular flexibility index (Phi) is 5.12. The lowest BCUT2D eigenvalue weighted by Gasteiger charge is -2.11. The van der Waals surface area contributed by atoms with Crippen LogP contribution in [0.15, 0.2) is 30.3 Å². The van der Waals surface area contributed by atoms with Crippen molar-refractivity contribution in [2.75, 3.05) is 5.32 Å². The monoisotopic (exact) mass is 443 g/mol. The summed E-state index contributed by atoms with van der Waals surface area (Å²) in [6, 6.07) is 6.81. The van der Waals surface area contributed by atoms with Crippen molar-refractivity contribution in [3.05, 3.63) is 60.4 Å². The highest BCUT2D eigenvalue weighted by Gasteiger charge is 2.15. The minimum absolute atomic E-state index is 0.230. The number of nitrogens with one attached hydrogen (secondary N) is 1. The van der Waals surface area contributed by atoms with Crippen molar-refractivity contribution in [3.63, 3.8) is 0 Å². The molecule has 0 bridgehead atoms. The number of halogens is 5. The quantitative estimate of drug-likeness (QED) is 0.597. The van der Waals surface area contributed by atoms with E-state index < -0.39 is 11.7 Å². The molecule has 0 aliphatic rings. The van der Waals surface area contributed by atoms with Crippen molar-refractivity contribution in [1.29, 1.82) is 0 Å². The van der Waals surface area contributed by atoms with Gasteiger partial charge in [0.2, 0.25) is 0 Å².